The minimum atomic E-state index is -0.437. The number of nitriles is 1. The van der Waals surface area contributed by atoms with Crippen molar-refractivity contribution in [2.45, 2.75) is 32.6 Å². The Morgan fingerprint density at radius 3 is 2.62 bits per heavy atom. The molecule has 0 saturated carbocycles. The van der Waals surface area contributed by atoms with Crippen LogP contribution in [0.15, 0.2) is 96.4 Å². The molecule has 4 aromatic carbocycles. The highest BCUT2D eigenvalue weighted by Gasteiger charge is 2.31. The van der Waals surface area contributed by atoms with Crippen LogP contribution < -0.4 is 19.9 Å². The number of allylic oxidation sites excluding steroid dienone is 1. The van der Waals surface area contributed by atoms with E-state index in [4.69, 9.17) is 19.9 Å². The quantitative estimate of drug-likeness (QED) is 0.208. The van der Waals surface area contributed by atoms with Gasteiger partial charge in [-0.05, 0) is 52.4 Å². The van der Waals surface area contributed by atoms with Crippen molar-refractivity contribution in [2.24, 2.45) is 11.7 Å². The number of carbonyl (C=O) groups is 1. The molecule has 0 fully saturated rings. The third kappa shape index (κ3) is 5.73. The lowest BCUT2D eigenvalue weighted by molar-refractivity contribution is -0.133. The number of rotatable bonds is 8. The molecule has 0 radical (unpaired) electrons. The van der Waals surface area contributed by atoms with Gasteiger partial charge in [-0.3, -0.25) is 4.79 Å². The third-order valence-electron chi connectivity index (χ3n) is 6.79. The van der Waals surface area contributed by atoms with Crippen LogP contribution in [-0.4, -0.2) is 12.6 Å². The van der Waals surface area contributed by atoms with Crippen molar-refractivity contribution in [1.82, 2.24) is 0 Å². The number of hydrogen-bond donors (Lipinski definition) is 1. The predicted octanol–water partition coefficient (Wildman–Crippen LogP) is 6.63. The zero-order chi connectivity index (χ0) is 27.4. The van der Waals surface area contributed by atoms with E-state index in [9.17, 15) is 10.1 Å². The summed E-state index contributed by atoms with van der Waals surface area (Å²) in [4.78, 5) is 12.9. The second-order valence-electron chi connectivity index (χ2n) is 10.0. The van der Waals surface area contributed by atoms with Crippen LogP contribution in [0.3, 0.4) is 0 Å². The van der Waals surface area contributed by atoms with E-state index in [1.54, 1.807) is 12.1 Å². The largest absolute Gasteiger partial charge is 0.494 e. The van der Waals surface area contributed by atoms with Crippen molar-refractivity contribution >= 4 is 16.7 Å². The molecule has 0 spiro atoms. The molecule has 1 atom stereocenters. The highest BCUT2D eigenvalue weighted by atomic mass is 16.5. The summed E-state index contributed by atoms with van der Waals surface area (Å²) in [6.45, 7) is 4.92. The number of ether oxygens (including phenoxy) is 3. The van der Waals surface area contributed by atoms with Gasteiger partial charge >= 0.3 is 5.97 Å². The molecular formula is C33H30N2O4. The molecule has 1 aliphatic heterocycles. The molecule has 5 rings (SSSR count). The smallest absolute Gasteiger partial charge is 0.315 e. The molecule has 6 heteroatoms. The Morgan fingerprint density at radius 1 is 1.00 bits per heavy atom. The van der Waals surface area contributed by atoms with Gasteiger partial charge in [-0.1, -0.05) is 74.5 Å². The second kappa shape index (κ2) is 11.3. The highest BCUT2D eigenvalue weighted by Crippen LogP contribution is 2.44. The van der Waals surface area contributed by atoms with Gasteiger partial charge in [-0.25, -0.2) is 0 Å². The molecule has 0 bridgehead atoms. The Kier molecular flexibility index (Phi) is 7.51. The highest BCUT2D eigenvalue weighted by molar-refractivity contribution is 5.89. The maximum Gasteiger partial charge on any atom is 0.315 e. The van der Waals surface area contributed by atoms with Gasteiger partial charge in [0, 0.05) is 11.6 Å². The first-order valence-corrected chi connectivity index (χ1v) is 13.0. The normalized spacial score (nSPS) is 14.5. The Balaban J connectivity index is 1.38. The second-order valence-corrected chi connectivity index (χ2v) is 10.0. The van der Waals surface area contributed by atoms with Crippen LogP contribution in [0.4, 0.5) is 0 Å². The maximum atomic E-state index is 12.9. The van der Waals surface area contributed by atoms with Gasteiger partial charge in [0.05, 0.1) is 18.9 Å². The summed E-state index contributed by atoms with van der Waals surface area (Å²) in [6.07, 6.45) is 1.08. The molecule has 4 aromatic rings. The van der Waals surface area contributed by atoms with Gasteiger partial charge < -0.3 is 19.9 Å². The first-order valence-electron chi connectivity index (χ1n) is 13.0. The fraction of sp³-hybridized carbons (Fsp3) is 0.212. The van der Waals surface area contributed by atoms with Gasteiger partial charge in [0.2, 0.25) is 5.88 Å². The Morgan fingerprint density at radius 2 is 1.79 bits per heavy atom. The topological polar surface area (TPSA) is 94.6 Å². The van der Waals surface area contributed by atoms with E-state index < -0.39 is 5.92 Å². The third-order valence-corrected chi connectivity index (χ3v) is 6.79. The summed E-state index contributed by atoms with van der Waals surface area (Å²) in [5.74, 6) is 1.27. The first kappa shape index (κ1) is 25.9. The molecule has 1 unspecified atom stereocenters. The van der Waals surface area contributed by atoms with E-state index in [0.29, 0.717) is 29.6 Å². The Hall–Kier alpha value is -4.76. The van der Waals surface area contributed by atoms with Gasteiger partial charge in [0.15, 0.2) is 0 Å². The molecule has 196 valence electrons. The van der Waals surface area contributed by atoms with Crippen LogP contribution in [0.5, 0.6) is 17.2 Å². The number of hydrogen-bond acceptors (Lipinski definition) is 6. The number of nitrogens with two attached hydrogens (primary N) is 1. The molecule has 6 nitrogen and oxygen atoms in total. The summed E-state index contributed by atoms with van der Waals surface area (Å²) in [5, 5.41) is 12.0. The average Bonchev–Trinajstić information content (AvgIpc) is 2.92. The molecule has 0 amide bonds. The SMILES string of the molecule is CC(C)CCOc1cccc(C2C(C#N)=C(N)Oc3cc(OC(=O)Cc4cccc5ccccc45)ccc32)c1. The van der Waals surface area contributed by atoms with Crippen LogP contribution in [0, 0.1) is 17.2 Å². The van der Waals surface area contributed by atoms with Gasteiger partial charge in [0.25, 0.3) is 0 Å². The van der Waals surface area contributed by atoms with Crippen molar-refractivity contribution in [3.8, 4) is 23.3 Å². The summed E-state index contributed by atoms with van der Waals surface area (Å²) >= 11 is 0. The minimum absolute atomic E-state index is 0.0281. The van der Waals surface area contributed by atoms with E-state index in [1.807, 2.05) is 72.8 Å². The minimum Gasteiger partial charge on any atom is -0.494 e. The molecule has 2 N–H and O–H groups in total. The number of nitrogens with zero attached hydrogens (tertiary/aromatic N) is 1. The van der Waals surface area contributed by atoms with Crippen molar-refractivity contribution in [2.75, 3.05) is 6.61 Å². The molecule has 1 heterocycles. The summed E-state index contributed by atoms with van der Waals surface area (Å²) < 4.78 is 17.5. The molecule has 39 heavy (non-hydrogen) atoms. The molecule has 0 saturated heterocycles. The van der Waals surface area contributed by atoms with Crippen molar-refractivity contribution in [1.29, 1.82) is 5.26 Å². The van der Waals surface area contributed by atoms with Gasteiger partial charge in [0.1, 0.15) is 28.9 Å². The van der Waals surface area contributed by atoms with E-state index in [-0.39, 0.29) is 18.3 Å². The lowest BCUT2D eigenvalue weighted by atomic mass is 9.83. The maximum absolute atomic E-state index is 12.9. The fourth-order valence-electron chi connectivity index (χ4n) is 4.81. The van der Waals surface area contributed by atoms with Crippen LogP contribution in [0.1, 0.15) is 42.9 Å². The zero-order valence-electron chi connectivity index (χ0n) is 22.0. The zero-order valence-corrected chi connectivity index (χ0v) is 22.0. The molecule has 0 aliphatic carbocycles. The number of benzene rings is 4. The van der Waals surface area contributed by atoms with Crippen molar-refractivity contribution in [3.63, 3.8) is 0 Å². The van der Waals surface area contributed by atoms with Crippen molar-refractivity contribution < 1.29 is 19.0 Å². The van der Waals surface area contributed by atoms with E-state index in [1.165, 1.54) is 0 Å². The first-order chi connectivity index (χ1) is 18.9. The average molecular weight is 519 g/mol. The van der Waals surface area contributed by atoms with Crippen LogP contribution in [0.2, 0.25) is 0 Å². The van der Waals surface area contributed by atoms with Crippen LogP contribution >= 0.6 is 0 Å². The van der Waals surface area contributed by atoms with E-state index in [2.05, 4.69) is 19.9 Å². The summed E-state index contributed by atoms with van der Waals surface area (Å²) in [5.41, 5.74) is 9.03. The lowest BCUT2D eigenvalue weighted by Gasteiger charge is -2.27. The van der Waals surface area contributed by atoms with E-state index in [0.717, 1.165) is 39.6 Å². The monoisotopic (exact) mass is 518 g/mol. The molecular weight excluding hydrogens is 488 g/mol. The predicted molar refractivity (Wildman–Crippen MR) is 150 cm³/mol. The number of carbonyl (C=O) groups excluding carboxylic acids is 1. The number of esters is 1. The van der Waals surface area contributed by atoms with Gasteiger partial charge in [-0.2, -0.15) is 5.26 Å². The fourth-order valence-corrected chi connectivity index (χ4v) is 4.81. The lowest BCUT2D eigenvalue weighted by Crippen LogP contribution is -2.21. The Bertz CT molecular complexity index is 1590. The summed E-state index contributed by atoms with van der Waals surface area (Å²) in [7, 11) is 0. The standard InChI is InChI=1S/C33H30N2O4/c1-21(2)15-16-37-25-11-6-10-24(17-25)32-28-14-13-26(19-30(28)39-33(35)29(32)20-34)38-31(36)18-23-9-5-8-22-7-3-4-12-27(22)23/h3-14,17,19,21,32H,15-16,18,35H2,1-2H3. The number of fused-ring (bicyclic) bond motifs is 2. The van der Waals surface area contributed by atoms with Crippen LogP contribution in [0.25, 0.3) is 10.8 Å². The van der Waals surface area contributed by atoms with E-state index >= 15 is 0 Å². The Labute approximate surface area is 228 Å². The van der Waals surface area contributed by atoms with Crippen LogP contribution in [-0.2, 0) is 11.2 Å². The van der Waals surface area contributed by atoms with Crippen molar-refractivity contribution in [3.05, 3.63) is 113 Å². The van der Waals surface area contributed by atoms with Gasteiger partial charge in [-0.15, -0.1) is 0 Å². The molecule has 0 aromatic heterocycles. The molecule has 1 aliphatic rings. The summed E-state index contributed by atoms with van der Waals surface area (Å²) in [6, 6.07) is 28.9.